The van der Waals surface area contributed by atoms with Crippen LogP contribution in [0.1, 0.15) is 32.4 Å². The number of amides is 2. The van der Waals surface area contributed by atoms with E-state index in [1.54, 1.807) is 20.8 Å². The zero-order chi connectivity index (χ0) is 23.6. The van der Waals surface area contributed by atoms with Crippen LogP contribution >= 0.6 is 0 Å². The van der Waals surface area contributed by atoms with E-state index in [9.17, 15) is 9.59 Å². The summed E-state index contributed by atoms with van der Waals surface area (Å²) < 4.78 is 12.3. The zero-order valence-corrected chi connectivity index (χ0v) is 20.4. The first kappa shape index (κ1) is 23.0. The van der Waals surface area contributed by atoms with Gasteiger partial charge >= 0.3 is 6.09 Å². The summed E-state index contributed by atoms with van der Waals surface area (Å²) in [6, 6.07) is 29.0. The summed E-state index contributed by atoms with van der Waals surface area (Å²) in [5, 5.41) is 2.12. The number of nitrogens with zero attached hydrogens (tertiary/aromatic N) is 1. The van der Waals surface area contributed by atoms with Crippen molar-refractivity contribution in [3.8, 4) is 0 Å². The van der Waals surface area contributed by atoms with Gasteiger partial charge in [0.2, 0.25) is 0 Å². The van der Waals surface area contributed by atoms with Crippen LogP contribution in [-0.2, 0) is 14.0 Å². The molecule has 0 aliphatic carbocycles. The fraction of sp³-hybridized carbons (Fsp3) is 0.259. The van der Waals surface area contributed by atoms with Crippen molar-refractivity contribution in [3.63, 3.8) is 0 Å². The maximum Gasteiger partial charge on any atom is 0.417 e. The second-order valence-electron chi connectivity index (χ2n) is 9.35. The van der Waals surface area contributed by atoms with Gasteiger partial charge in [-0.1, -0.05) is 91.0 Å². The minimum Gasteiger partial charge on any atom is -0.443 e. The monoisotopic (exact) mass is 459 g/mol. The zero-order valence-electron chi connectivity index (χ0n) is 19.4. The third-order valence-corrected chi connectivity index (χ3v) is 9.38. The molecule has 5 nitrogen and oxygen atoms in total. The Labute approximate surface area is 196 Å². The molecule has 33 heavy (non-hydrogen) atoms. The van der Waals surface area contributed by atoms with Gasteiger partial charge in [0.05, 0.1) is 0 Å². The summed E-state index contributed by atoms with van der Waals surface area (Å²) in [6.07, 6.45) is -1.43. The Balaban J connectivity index is 1.73. The predicted octanol–water partition coefficient (Wildman–Crippen LogP) is 4.28. The largest absolute Gasteiger partial charge is 0.443 e. The lowest BCUT2D eigenvalue weighted by Gasteiger charge is -2.48. The number of likely N-dealkylation sites (tertiary alicyclic amines) is 1. The molecule has 1 saturated heterocycles. The quantitative estimate of drug-likeness (QED) is 0.422. The first-order chi connectivity index (χ1) is 15.7. The van der Waals surface area contributed by atoms with Crippen LogP contribution in [0.25, 0.3) is 0 Å². The Kier molecular flexibility index (Phi) is 6.23. The highest BCUT2D eigenvalue weighted by atomic mass is 28.4. The van der Waals surface area contributed by atoms with Crippen LogP contribution in [0.5, 0.6) is 0 Å². The van der Waals surface area contributed by atoms with Crippen LogP contribution in [0.3, 0.4) is 0 Å². The molecule has 0 aromatic heterocycles. The van der Waals surface area contributed by atoms with Crippen LogP contribution in [0, 0.1) is 0 Å². The van der Waals surface area contributed by atoms with Gasteiger partial charge < -0.3 is 9.16 Å². The molecule has 1 aliphatic heterocycles. The van der Waals surface area contributed by atoms with Gasteiger partial charge in [-0.2, -0.15) is 0 Å². The van der Waals surface area contributed by atoms with E-state index in [1.807, 2.05) is 91.0 Å². The molecule has 2 unspecified atom stereocenters. The molecule has 6 heteroatoms. The summed E-state index contributed by atoms with van der Waals surface area (Å²) in [7, 11) is -2.76. The standard InChI is InChI=1S/C27H29NO4Si/c1-27(2,3)31-26(30)28-23(20-14-8-5-9-15-20)24(25(28)29)32-33(4,21-16-10-6-11-17-21)22-18-12-7-13-19-22/h5-19,23-24H,1-4H3. The maximum absolute atomic E-state index is 13.3. The maximum atomic E-state index is 13.3. The van der Waals surface area contributed by atoms with E-state index in [-0.39, 0.29) is 5.91 Å². The number of hydrogen-bond donors (Lipinski definition) is 0. The van der Waals surface area contributed by atoms with Crippen LogP contribution in [-0.4, -0.2) is 36.9 Å². The molecule has 0 bridgehead atoms. The average Bonchev–Trinajstić information content (AvgIpc) is 2.81. The molecular weight excluding hydrogens is 430 g/mol. The average molecular weight is 460 g/mol. The van der Waals surface area contributed by atoms with E-state index in [1.165, 1.54) is 4.90 Å². The third kappa shape index (κ3) is 4.63. The van der Waals surface area contributed by atoms with Crippen molar-refractivity contribution in [2.75, 3.05) is 0 Å². The van der Waals surface area contributed by atoms with Gasteiger partial charge in [0.1, 0.15) is 11.6 Å². The number of imide groups is 1. The molecule has 2 amide bonds. The van der Waals surface area contributed by atoms with E-state index >= 15 is 0 Å². The Morgan fingerprint density at radius 1 is 0.818 bits per heavy atom. The highest BCUT2D eigenvalue weighted by Crippen LogP contribution is 2.39. The Morgan fingerprint density at radius 2 is 1.27 bits per heavy atom. The van der Waals surface area contributed by atoms with E-state index in [0.717, 1.165) is 15.9 Å². The molecule has 0 saturated carbocycles. The van der Waals surface area contributed by atoms with Crippen molar-refractivity contribution >= 4 is 30.7 Å². The van der Waals surface area contributed by atoms with Gasteiger partial charge in [-0.3, -0.25) is 4.79 Å². The summed E-state index contributed by atoms with van der Waals surface area (Å²) in [4.78, 5) is 27.5. The van der Waals surface area contributed by atoms with Gasteiger partial charge in [-0.05, 0) is 43.3 Å². The first-order valence-corrected chi connectivity index (χ1v) is 13.5. The van der Waals surface area contributed by atoms with Gasteiger partial charge in [0, 0.05) is 0 Å². The van der Waals surface area contributed by atoms with Gasteiger partial charge in [-0.15, -0.1) is 0 Å². The normalized spacial score (nSPS) is 18.5. The topological polar surface area (TPSA) is 55.8 Å². The van der Waals surface area contributed by atoms with Gasteiger partial charge in [-0.25, -0.2) is 9.69 Å². The highest BCUT2D eigenvalue weighted by Gasteiger charge is 2.56. The SMILES string of the molecule is CC(C)(C)OC(=O)N1C(=O)C(O[Si](C)(c2ccccc2)c2ccccc2)C1c1ccccc1. The Bertz CT molecular complexity index is 1070. The van der Waals surface area contributed by atoms with Crippen LogP contribution < -0.4 is 10.4 Å². The van der Waals surface area contributed by atoms with Crippen molar-refractivity contribution in [1.29, 1.82) is 0 Å². The Morgan fingerprint density at radius 3 is 1.73 bits per heavy atom. The number of rotatable bonds is 5. The smallest absolute Gasteiger partial charge is 0.417 e. The number of carbonyl (C=O) groups excluding carboxylic acids is 2. The fourth-order valence-electron chi connectivity index (χ4n) is 4.14. The summed E-state index contributed by atoms with van der Waals surface area (Å²) >= 11 is 0. The van der Waals surface area contributed by atoms with E-state index in [4.69, 9.17) is 9.16 Å². The lowest BCUT2D eigenvalue weighted by molar-refractivity contribution is -0.161. The molecule has 0 N–H and O–H groups in total. The van der Waals surface area contributed by atoms with Crippen molar-refractivity contribution in [2.45, 2.75) is 45.1 Å². The van der Waals surface area contributed by atoms with Gasteiger partial charge in [0.15, 0.2) is 6.10 Å². The molecule has 2 atom stereocenters. The van der Waals surface area contributed by atoms with E-state index < -0.39 is 32.2 Å². The molecule has 1 heterocycles. The van der Waals surface area contributed by atoms with Crippen molar-refractivity contribution in [3.05, 3.63) is 96.6 Å². The highest BCUT2D eigenvalue weighted by molar-refractivity contribution is 6.96. The molecule has 4 rings (SSSR count). The molecule has 170 valence electrons. The number of hydrogen-bond acceptors (Lipinski definition) is 4. The van der Waals surface area contributed by atoms with Crippen LogP contribution in [0.2, 0.25) is 6.55 Å². The van der Waals surface area contributed by atoms with Crippen molar-refractivity contribution in [1.82, 2.24) is 4.90 Å². The number of ether oxygens (including phenoxy) is 1. The first-order valence-electron chi connectivity index (χ1n) is 11.1. The molecule has 1 fully saturated rings. The molecule has 3 aromatic rings. The summed E-state index contributed by atoms with van der Waals surface area (Å²) in [5.74, 6) is -0.372. The molecule has 0 radical (unpaired) electrons. The number of benzene rings is 3. The number of β-lactam (4-membered cyclic amide) rings is 1. The second-order valence-corrected chi connectivity index (χ2v) is 12.8. The summed E-state index contributed by atoms with van der Waals surface area (Å²) in [5.41, 5.74) is 0.132. The third-order valence-electron chi connectivity index (χ3n) is 5.79. The molecule has 3 aromatic carbocycles. The minimum atomic E-state index is -2.76. The van der Waals surface area contributed by atoms with Crippen LogP contribution in [0.4, 0.5) is 4.79 Å². The molecule has 1 aliphatic rings. The van der Waals surface area contributed by atoms with Crippen LogP contribution in [0.15, 0.2) is 91.0 Å². The van der Waals surface area contributed by atoms with E-state index in [2.05, 4.69) is 6.55 Å². The summed E-state index contributed by atoms with van der Waals surface area (Å²) in [6.45, 7) is 7.46. The lowest BCUT2D eigenvalue weighted by atomic mass is 9.91. The number of carbonyl (C=O) groups is 2. The van der Waals surface area contributed by atoms with Crippen molar-refractivity contribution in [2.24, 2.45) is 0 Å². The molecule has 0 spiro atoms. The predicted molar refractivity (Wildman–Crippen MR) is 131 cm³/mol. The van der Waals surface area contributed by atoms with Gasteiger partial charge in [0.25, 0.3) is 14.2 Å². The second kappa shape index (κ2) is 8.96. The fourth-order valence-corrected chi connectivity index (χ4v) is 7.14. The van der Waals surface area contributed by atoms with E-state index in [0.29, 0.717) is 0 Å². The van der Waals surface area contributed by atoms with Crippen molar-refractivity contribution < 1.29 is 18.8 Å². The minimum absolute atomic E-state index is 0.372. The molecular formula is C27H29NO4Si. The lowest BCUT2D eigenvalue weighted by Crippen LogP contribution is -2.69. The Hall–Kier alpha value is -3.22.